The summed E-state index contributed by atoms with van der Waals surface area (Å²) in [5.74, 6) is -4.53. The third kappa shape index (κ3) is 5.95. The second-order valence-corrected chi connectivity index (χ2v) is 9.80. The van der Waals surface area contributed by atoms with E-state index in [9.17, 15) is 27.6 Å². The number of carbonyl (C=O) groups excluding carboxylic acids is 3. The van der Waals surface area contributed by atoms with Crippen LogP contribution in [0.1, 0.15) is 45.6 Å². The molecule has 11 heteroatoms. The number of fused-ring (bicyclic) bond motifs is 1. The zero-order chi connectivity index (χ0) is 30.0. The smallest absolute Gasteiger partial charge is 0.251 e. The number of amides is 3. The van der Waals surface area contributed by atoms with Crippen molar-refractivity contribution < 1.29 is 32.3 Å². The van der Waals surface area contributed by atoms with E-state index in [2.05, 4.69) is 15.6 Å². The molecule has 0 fully saturated rings. The van der Waals surface area contributed by atoms with Crippen LogP contribution in [0.3, 0.4) is 0 Å². The fourth-order valence-corrected chi connectivity index (χ4v) is 5.07. The average molecular weight is 575 g/mol. The molecular formula is C31H25F3N4O4. The minimum Gasteiger partial charge on any atom is -0.497 e. The first kappa shape index (κ1) is 28.3. The lowest BCUT2D eigenvalue weighted by Gasteiger charge is -2.22. The van der Waals surface area contributed by atoms with Gasteiger partial charge < -0.3 is 21.1 Å². The summed E-state index contributed by atoms with van der Waals surface area (Å²) in [7, 11) is 1.49. The van der Waals surface area contributed by atoms with Gasteiger partial charge in [0.2, 0.25) is 11.8 Å². The van der Waals surface area contributed by atoms with E-state index >= 15 is 0 Å². The molecule has 1 aromatic heterocycles. The summed E-state index contributed by atoms with van der Waals surface area (Å²) in [5, 5.41) is 5.62. The highest BCUT2D eigenvalue weighted by atomic mass is 19.1. The predicted molar refractivity (Wildman–Crippen MR) is 148 cm³/mol. The molecule has 0 bridgehead atoms. The van der Waals surface area contributed by atoms with Crippen molar-refractivity contribution in [2.75, 3.05) is 12.4 Å². The Morgan fingerprint density at radius 2 is 1.81 bits per heavy atom. The van der Waals surface area contributed by atoms with Crippen LogP contribution in [0.4, 0.5) is 18.9 Å². The number of nitrogens with two attached hydrogens (primary N) is 1. The van der Waals surface area contributed by atoms with E-state index < -0.39 is 41.2 Å². The molecule has 4 N–H and O–H groups in total. The molecule has 3 aromatic carbocycles. The molecule has 0 spiro atoms. The van der Waals surface area contributed by atoms with Crippen LogP contribution in [-0.2, 0) is 16.0 Å². The van der Waals surface area contributed by atoms with Gasteiger partial charge in [0, 0.05) is 29.9 Å². The maximum atomic E-state index is 14.2. The van der Waals surface area contributed by atoms with Crippen LogP contribution in [0.2, 0.25) is 0 Å². The number of hydrogen-bond acceptors (Lipinski definition) is 5. The summed E-state index contributed by atoms with van der Waals surface area (Å²) in [4.78, 5) is 42.4. The number of carbonyl (C=O) groups is 3. The molecule has 1 unspecified atom stereocenters. The molecule has 0 radical (unpaired) electrons. The van der Waals surface area contributed by atoms with Crippen LogP contribution < -0.4 is 21.1 Å². The van der Waals surface area contributed by atoms with Crippen molar-refractivity contribution in [3.8, 4) is 16.9 Å². The molecule has 4 aromatic rings. The number of methoxy groups -OCH3 is 1. The zero-order valence-electron chi connectivity index (χ0n) is 22.3. The minimum atomic E-state index is -0.966. The Morgan fingerprint density at radius 1 is 1.05 bits per heavy atom. The van der Waals surface area contributed by atoms with Gasteiger partial charge in [-0.05, 0) is 71.6 Å². The van der Waals surface area contributed by atoms with E-state index in [0.29, 0.717) is 28.1 Å². The maximum absolute atomic E-state index is 14.2. The monoisotopic (exact) mass is 574 g/mol. The Bertz CT molecular complexity index is 1690. The molecule has 2 atom stereocenters. The zero-order valence-corrected chi connectivity index (χ0v) is 22.3. The summed E-state index contributed by atoms with van der Waals surface area (Å²) < 4.78 is 47.7. The van der Waals surface area contributed by atoms with Gasteiger partial charge >= 0.3 is 0 Å². The number of nitrogens with zero attached hydrogens (tertiary/aromatic N) is 1. The number of primary amides is 1. The number of pyridine rings is 1. The number of ether oxygens (including phenoxy) is 1. The Morgan fingerprint density at radius 3 is 2.52 bits per heavy atom. The van der Waals surface area contributed by atoms with E-state index in [1.165, 1.54) is 25.4 Å². The van der Waals surface area contributed by atoms with Crippen LogP contribution in [0.25, 0.3) is 11.1 Å². The Hall–Kier alpha value is -5.19. The minimum absolute atomic E-state index is 0.0738. The van der Waals surface area contributed by atoms with Crippen molar-refractivity contribution in [3.63, 3.8) is 0 Å². The lowest BCUT2D eigenvalue weighted by molar-refractivity contribution is -0.125. The first-order valence-corrected chi connectivity index (χ1v) is 12.9. The lowest BCUT2D eigenvalue weighted by Crippen LogP contribution is -2.33. The molecule has 0 saturated carbocycles. The Labute approximate surface area is 238 Å². The van der Waals surface area contributed by atoms with E-state index in [1.807, 2.05) is 0 Å². The highest BCUT2D eigenvalue weighted by Gasteiger charge is 2.33. The van der Waals surface area contributed by atoms with Crippen LogP contribution in [-0.4, -0.2) is 29.8 Å². The van der Waals surface area contributed by atoms with Crippen molar-refractivity contribution in [2.24, 2.45) is 5.73 Å². The summed E-state index contributed by atoms with van der Waals surface area (Å²) in [6.45, 7) is 0. The fraction of sp³-hybridized carbons (Fsp3) is 0.161. The number of anilines is 1. The third-order valence-corrected chi connectivity index (χ3v) is 7.01. The number of benzene rings is 3. The van der Waals surface area contributed by atoms with Crippen LogP contribution in [0, 0.1) is 17.5 Å². The van der Waals surface area contributed by atoms with E-state index in [1.54, 1.807) is 30.3 Å². The normalized spacial score (nSPS) is 14.6. The third-order valence-electron chi connectivity index (χ3n) is 7.01. The van der Waals surface area contributed by atoms with Gasteiger partial charge in [-0.3, -0.25) is 19.4 Å². The molecule has 8 nitrogen and oxygen atoms in total. The standard InChI is InChI=1S/C31H25F3N4O4/c1-42-20-5-7-26-22(14-20)23(31(41)38-26)15-28(39)37-27(11-16-9-18(32)13-19(33)10-16)29-21(3-2-8-36-29)17-4-6-25(34)24(12-17)30(35)40/h2-10,12-14,23,27H,11,15H2,1H3,(H2,35,40)(H,37,39)(H,38,41)/t23-,27?/m0/s1. The van der Waals surface area contributed by atoms with Crippen molar-refractivity contribution in [2.45, 2.75) is 24.8 Å². The lowest BCUT2D eigenvalue weighted by atomic mass is 9.93. The number of halogens is 3. The van der Waals surface area contributed by atoms with Gasteiger partial charge in [0.15, 0.2) is 0 Å². The van der Waals surface area contributed by atoms with Gasteiger partial charge in [0.25, 0.3) is 5.91 Å². The summed E-state index contributed by atoms with van der Waals surface area (Å²) in [5.41, 5.74) is 7.50. The Kier molecular flexibility index (Phi) is 7.92. The van der Waals surface area contributed by atoms with Gasteiger partial charge in [-0.15, -0.1) is 0 Å². The van der Waals surface area contributed by atoms with Crippen molar-refractivity contribution in [3.05, 3.63) is 113 Å². The van der Waals surface area contributed by atoms with Crippen LogP contribution >= 0.6 is 0 Å². The number of rotatable bonds is 9. The first-order chi connectivity index (χ1) is 20.1. The number of hydrogen-bond donors (Lipinski definition) is 3. The molecular weight excluding hydrogens is 549 g/mol. The molecule has 214 valence electrons. The second kappa shape index (κ2) is 11.7. The molecule has 1 aliphatic rings. The fourth-order valence-electron chi connectivity index (χ4n) is 5.07. The molecule has 0 aliphatic carbocycles. The van der Waals surface area contributed by atoms with Crippen LogP contribution in [0.15, 0.2) is 72.9 Å². The largest absolute Gasteiger partial charge is 0.497 e. The summed E-state index contributed by atoms with van der Waals surface area (Å²) >= 11 is 0. The topological polar surface area (TPSA) is 123 Å². The summed E-state index contributed by atoms with van der Waals surface area (Å²) in [6.07, 6.45) is 1.16. The number of nitrogens with one attached hydrogen (secondary N) is 2. The average Bonchev–Trinajstić information content (AvgIpc) is 3.26. The molecule has 1 aliphatic heterocycles. The van der Waals surface area contributed by atoms with Gasteiger partial charge in [0.05, 0.1) is 30.3 Å². The van der Waals surface area contributed by atoms with E-state index in [0.717, 1.165) is 24.3 Å². The maximum Gasteiger partial charge on any atom is 0.251 e. The second-order valence-electron chi connectivity index (χ2n) is 9.80. The molecule has 2 heterocycles. The molecule has 3 amide bonds. The molecule has 0 saturated heterocycles. The van der Waals surface area contributed by atoms with Gasteiger partial charge in [-0.25, -0.2) is 13.2 Å². The van der Waals surface area contributed by atoms with Crippen molar-refractivity contribution in [1.29, 1.82) is 0 Å². The van der Waals surface area contributed by atoms with Gasteiger partial charge in [-0.2, -0.15) is 0 Å². The van der Waals surface area contributed by atoms with Crippen LogP contribution in [0.5, 0.6) is 5.75 Å². The summed E-state index contributed by atoms with van der Waals surface area (Å²) in [6, 6.07) is 14.2. The van der Waals surface area contributed by atoms with E-state index in [4.69, 9.17) is 10.5 Å². The SMILES string of the molecule is COc1ccc2c(c1)[C@H](CC(=O)NC(Cc1cc(F)cc(F)c1)c1ncccc1-c1ccc(F)c(C(N)=O)c1)C(=O)N2. The predicted octanol–water partition coefficient (Wildman–Crippen LogP) is 4.80. The highest BCUT2D eigenvalue weighted by Crippen LogP contribution is 2.37. The van der Waals surface area contributed by atoms with Crippen molar-refractivity contribution in [1.82, 2.24) is 10.3 Å². The van der Waals surface area contributed by atoms with Gasteiger partial charge in [-0.1, -0.05) is 12.1 Å². The quantitative estimate of drug-likeness (QED) is 0.265. The first-order valence-electron chi connectivity index (χ1n) is 12.9. The number of aromatic nitrogens is 1. The highest BCUT2D eigenvalue weighted by molar-refractivity contribution is 6.05. The molecule has 42 heavy (non-hydrogen) atoms. The van der Waals surface area contributed by atoms with Crippen molar-refractivity contribution >= 4 is 23.4 Å². The Balaban J connectivity index is 1.51. The van der Waals surface area contributed by atoms with Gasteiger partial charge in [0.1, 0.15) is 23.2 Å². The molecule has 5 rings (SSSR count). The van der Waals surface area contributed by atoms with E-state index in [-0.39, 0.29) is 35.6 Å².